The molecule has 2 aromatic carbocycles. The number of fused-ring (bicyclic) bond motifs is 1. The van der Waals surface area contributed by atoms with E-state index in [4.69, 9.17) is 28.9 Å². The van der Waals surface area contributed by atoms with Crippen molar-refractivity contribution >= 4 is 51.8 Å². The van der Waals surface area contributed by atoms with E-state index in [1.807, 2.05) is 18.2 Å². The third-order valence-electron chi connectivity index (χ3n) is 5.06. The molecule has 0 saturated carbocycles. The summed E-state index contributed by atoms with van der Waals surface area (Å²) in [6, 6.07) is 16.2. The predicted molar refractivity (Wildman–Crippen MR) is 128 cm³/mol. The molecule has 1 atom stereocenters. The first kappa shape index (κ1) is 22.5. The van der Waals surface area contributed by atoms with Gasteiger partial charge in [-0.15, -0.1) is 0 Å². The van der Waals surface area contributed by atoms with E-state index in [1.165, 1.54) is 18.3 Å². The first-order valence-corrected chi connectivity index (χ1v) is 10.7. The first-order chi connectivity index (χ1) is 15.8. The number of pyridine rings is 2. The monoisotopic (exact) mass is 480 g/mol. The lowest BCUT2D eigenvalue weighted by Gasteiger charge is -2.15. The fraction of sp³-hybridized carbons (Fsp3) is 0.0833. The topological polar surface area (TPSA) is 118 Å². The van der Waals surface area contributed by atoms with Gasteiger partial charge in [-0.25, -0.2) is 14.8 Å². The highest BCUT2D eigenvalue weighted by Crippen LogP contribution is 2.34. The molecule has 2 heterocycles. The Balaban J connectivity index is 1.56. The molecule has 166 valence electrons. The number of benzene rings is 2. The van der Waals surface area contributed by atoms with Gasteiger partial charge in [0.2, 0.25) is 0 Å². The Kier molecular flexibility index (Phi) is 6.44. The van der Waals surface area contributed by atoms with Gasteiger partial charge in [0.05, 0.1) is 26.8 Å². The number of anilines is 1. The van der Waals surface area contributed by atoms with E-state index in [0.717, 1.165) is 10.9 Å². The highest BCUT2D eigenvalue weighted by atomic mass is 35.5. The smallest absolute Gasteiger partial charge is 0.326 e. The predicted octanol–water partition coefficient (Wildman–Crippen LogP) is 4.61. The average Bonchev–Trinajstić information content (AvgIpc) is 2.79. The lowest BCUT2D eigenvalue weighted by atomic mass is 10.0. The lowest BCUT2D eigenvalue weighted by Crippen LogP contribution is -2.42. The number of nitrogens with zero attached hydrogens (tertiary/aromatic N) is 2. The van der Waals surface area contributed by atoms with Crippen molar-refractivity contribution in [1.82, 2.24) is 15.3 Å². The van der Waals surface area contributed by atoms with Gasteiger partial charge in [-0.2, -0.15) is 0 Å². The van der Waals surface area contributed by atoms with Crippen molar-refractivity contribution in [2.24, 2.45) is 0 Å². The Labute approximate surface area is 199 Å². The molecular formula is C24H18Cl2N4O3. The summed E-state index contributed by atoms with van der Waals surface area (Å²) < 4.78 is 0. The molecule has 0 aliphatic heterocycles. The number of nitrogens with one attached hydrogen (secondary N) is 1. The van der Waals surface area contributed by atoms with Gasteiger partial charge in [-0.05, 0) is 48.0 Å². The second kappa shape index (κ2) is 9.44. The van der Waals surface area contributed by atoms with Crippen molar-refractivity contribution in [3.63, 3.8) is 0 Å². The molecule has 0 fully saturated rings. The number of nitrogens with two attached hydrogens (primary N) is 1. The zero-order valence-electron chi connectivity index (χ0n) is 17.1. The number of carboxylic acids is 1. The first-order valence-electron chi connectivity index (χ1n) is 9.91. The van der Waals surface area contributed by atoms with Gasteiger partial charge in [-0.3, -0.25) is 4.79 Å². The number of nitrogen functional groups attached to an aromatic ring is 1. The van der Waals surface area contributed by atoms with Crippen LogP contribution in [-0.4, -0.2) is 33.0 Å². The lowest BCUT2D eigenvalue weighted by molar-refractivity contribution is -0.139. The van der Waals surface area contributed by atoms with Crippen molar-refractivity contribution < 1.29 is 14.7 Å². The van der Waals surface area contributed by atoms with Crippen LogP contribution in [0.15, 0.2) is 66.9 Å². The van der Waals surface area contributed by atoms with Crippen LogP contribution in [0.3, 0.4) is 0 Å². The number of halogens is 2. The molecule has 1 amide bonds. The van der Waals surface area contributed by atoms with E-state index in [9.17, 15) is 14.7 Å². The number of aromatic nitrogens is 2. The maximum atomic E-state index is 12.4. The Morgan fingerprint density at radius 3 is 2.45 bits per heavy atom. The molecule has 0 aliphatic carbocycles. The van der Waals surface area contributed by atoms with Gasteiger partial charge in [0.15, 0.2) is 0 Å². The molecule has 4 N–H and O–H groups in total. The summed E-state index contributed by atoms with van der Waals surface area (Å²) in [5.74, 6) is -1.42. The minimum atomic E-state index is -1.14. The van der Waals surface area contributed by atoms with E-state index in [2.05, 4.69) is 15.3 Å². The second-order valence-electron chi connectivity index (χ2n) is 7.36. The highest BCUT2D eigenvalue weighted by molar-refractivity contribution is 6.39. The van der Waals surface area contributed by atoms with E-state index in [1.54, 1.807) is 30.3 Å². The summed E-state index contributed by atoms with van der Waals surface area (Å²) in [6.07, 6.45) is 1.39. The standard InChI is InChI=1S/C24H18Cl2N4O3/c25-16-2-1-3-17(26)22(16)19-8-5-14-10-13(4-7-18(14)29-19)11-20(24(32)33)30-23(31)15-6-9-21(27)28-12-15/h1-10,12,20H,11H2,(H2,27,28)(H,30,31)(H,32,33). The van der Waals surface area contributed by atoms with E-state index in [-0.39, 0.29) is 17.8 Å². The minimum absolute atomic E-state index is 0.0947. The molecule has 4 aromatic rings. The molecule has 2 aromatic heterocycles. The van der Waals surface area contributed by atoms with E-state index >= 15 is 0 Å². The number of hydrogen-bond donors (Lipinski definition) is 3. The summed E-state index contributed by atoms with van der Waals surface area (Å²) in [4.78, 5) is 32.7. The number of aliphatic carboxylic acids is 1. The highest BCUT2D eigenvalue weighted by Gasteiger charge is 2.21. The number of carboxylic acid groups (broad SMARTS) is 1. The Morgan fingerprint density at radius 2 is 1.79 bits per heavy atom. The van der Waals surface area contributed by atoms with Gasteiger partial charge >= 0.3 is 5.97 Å². The zero-order chi connectivity index (χ0) is 23.5. The summed E-state index contributed by atoms with van der Waals surface area (Å²) in [6.45, 7) is 0. The van der Waals surface area contributed by atoms with E-state index in [0.29, 0.717) is 26.8 Å². The average molecular weight is 481 g/mol. The van der Waals surface area contributed by atoms with Gasteiger partial charge in [0, 0.05) is 23.6 Å². The number of rotatable bonds is 6. The van der Waals surface area contributed by atoms with Crippen LogP contribution < -0.4 is 11.1 Å². The van der Waals surface area contributed by atoms with Gasteiger partial charge in [0.25, 0.3) is 5.91 Å². The van der Waals surface area contributed by atoms with Crippen LogP contribution in [0.25, 0.3) is 22.2 Å². The number of hydrogen-bond acceptors (Lipinski definition) is 5. The number of carbonyl (C=O) groups is 2. The van der Waals surface area contributed by atoms with Crippen LogP contribution in [0.5, 0.6) is 0 Å². The maximum Gasteiger partial charge on any atom is 0.326 e. The molecular weight excluding hydrogens is 463 g/mol. The van der Waals surface area contributed by atoms with Crippen LogP contribution in [0.4, 0.5) is 5.82 Å². The Bertz CT molecular complexity index is 1340. The van der Waals surface area contributed by atoms with Crippen molar-refractivity contribution in [3.8, 4) is 11.3 Å². The molecule has 0 aliphatic rings. The van der Waals surface area contributed by atoms with Crippen molar-refractivity contribution in [3.05, 3.63) is 88.0 Å². The fourth-order valence-electron chi connectivity index (χ4n) is 3.40. The van der Waals surface area contributed by atoms with Crippen molar-refractivity contribution in [1.29, 1.82) is 0 Å². The van der Waals surface area contributed by atoms with E-state index < -0.39 is 17.9 Å². The van der Waals surface area contributed by atoms with Crippen LogP contribution in [-0.2, 0) is 11.2 Å². The Morgan fingerprint density at radius 1 is 1.03 bits per heavy atom. The molecule has 9 heteroatoms. The molecule has 0 spiro atoms. The Hall–Kier alpha value is -3.68. The summed E-state index contributed by atoms with van der Waals surface area (Å²) in [7, 11) is 0. The van der Waals surface area contributed by atoms with Crippen LogP contribution in [0, 0.1) is 0 Å². The quantitative estimate of drug-likeness (QED) is 0.370. The van der Waals surface area contributed by atoms with Crippen molar-refractivity contribution in [2.75, 3.05) is 5.73 Å². The third kappa shape index (κ3) is 5.05. The van der Waals surface area contributed by atoms with Crippen LogP contribution in [0.1, 0.15) is 15.9 Å². The molecule has 0 saturated heterocycles. The molecule has 33 heavy (non-hydrogen) atoms. The number of amides is 1. The molecule has 0 bridgehead atoms. The van der Waals surface area contributed by atoms with Crippen LogP contribution in [0.2, 0.25) is 10.0 Å². The van der Waals surface area contributed by atoms with Gasteiger partial charge < -0.3 is 16.2 Å². The maximum absolute atomic E-state index is 12.4. The fourth-order valence-corrected chi connectivity index (χ4v) is 3.99. The number of carbonyl (C=O) groups excluding carboxylic acids is 1. The third-order valence-corrected chi connectivity index (χ3v) is 5.69. The largest absolute Gasteiger partial charge is 0.480 e. The molecule has 7 nitrogen and oxygen atoms in total. The summed E-state index contributed by atoms with van der Waals surface area (Å²) in [5.41, 5.74) is 8.48. The van der Waals surface area contributed by atoms with Gasteiger partial charge in [-0.1, -0.05) is 41.4 Å². The normalized spacial score (nSPS) is 11.8. The summed E-state index contributed by atoms with van der Waals surface area (Å²) >= 11 is 12.6. The second-order valence-corrected chi connectivity index (χ2v) is 8.17. The SMILES string of the molecule is Nc1ccc(C(=O)NC(Cc2ccc3nc(-c4c(Cl)cccc4Cl)ccc3c2)C(=O)O)cn1. The zero-order valence-corrected chi connectivity index (χ0v) is 18.6. The molecule has 0 radical (unpaired) electrons. The van der Waals surface area contributed by atoms with Crippen molar-refractivity contribution in [2.45, 2.75) is 12.5 Å². The molecule has 4 rings (SSSR count). The van der Waals surface area contributed by atoms with Gasteiger partial charge in [0.1, 0.15) is 11.9 Å². The van der Waals surface area contributed by atoms with Crippen LogP contribution >= 0.6 is 23.2 Å². The summed E-state index contributed by atoms with van der Waals surface area (Å²) in [5, 5.41) is 14.0. The molecule has 1 unspecified atom stereocenters. The minimum Gasteiger partial charge on any atom is -0.480 e.